The number of benzene rings is 1. The fraction of sp³-hybridized carbons (Fsp3) is 0.471. The number of aromatic carboxylic acids is 1. The van der Waals surface area contributed by atoms with Crippen LogP contribution in [0.15, 0.2) is 22.7 Å². The number of hydrogen-bond acceptors (Lipinski definition) is 4. The van der Waals surface area contributed by atoms with Crippen molar-refractivity contribution < 1.29 is 24.2 Å². The van der Waals surface area contributed by atoms with E-state index in [1.54, 1.807) is 26.8 Å². The van der Waals surface area contributed by atoms with E-state index in [9.17, 15) is 14.4 Å². The fourth-order valence-electron chi connectivity index (χ4n) is 2.63. The summed E-state index contributed by atoms with van der Waals surface area (Å²) in [7, 11) is 0. The molecule has 1 aromatic carbocycles. The van der Waals surface area contributed by atoms with Crippen molar-refractivity contribution in [2.24, 2.45) is 0 Å². The van der Waals surface area contributed by atoms with Crippen LogP contribution < -0.4 is 0 Å². The highest BCUT2D eigenvalue weighted by atomic mass is 79.9. The van der Waals surface area contributed by atoms with Crippen LogP contribution in [0.3, 0.4) is 0 Å². The Kier molecular flexibility index (Phi) is 5.32. The van der Waals surface area contributed by atoms with E-state index in [1.165, 1.54) is 17.0 Å². The van der Waals surface area contributed by atoms with Gasteiger partial charge in [0.15, 0.2) is 0 Å². The third kappa shape index (κ3) is 4.35. The molecule has 1 aliphatic rings. The quantitative estimate of drug-likeness (QED) is 0.792. The number of likely N-dealkylation sites (tertiary alicyclic amines) is 1. The summed E-state index contributed by atoms with van der Waals surface area (Å²) in [6.07, 6.45) is 1.25. The van der Waals surface area contributed by atoms with Gasteiger partial charge in [-0.2, -0.15) is 0 Å². The average molecular weight is 398 g/mol. The molecule has 0 unspecified atom stereocenters. The average Bonchev–Trinajstić information content (AvgIpc) is 2.93. The number of amides is 1. The molecule has 1 saturated heterocycles. The predicted octanol–water partition coefficient (Wildman–Crippen LogP) is 3.09. The highest BCUT2D eigenvalue weighted by Gasteiger charge is 2.37. The Bertz CT molecular complexity index is 680. The van der Waals surface area contributed by atoms with Crippen molar-refractivity contribution in [1.82, 2.24) is 4.90 Å². The number of carboxylic acid groups (broad SMARTS) is 1. The van der Waals surface area contributed by atoms with Crippen molar-refractivity contribution in [3.05, 3.63) is 33.8 Å². The molecule has 1 N–H and O–H groups in total. The second-order valence-corrected chi connectivity index (χ2v) is 7.64. The summed E-state index contributed by atoms with van der Waals surface area (Å²) in [6, 6.07) is 3.66. The molecule has 130 valence electrons. The molecular formula is C17H20BrNO5. The van der Waals surface area contributed by atoms with Crippen LogP contribution in [0.5, 0.6) is 0 Å². The van der Waals surface area contributed by atoms with Crippen molar-refractivity contribution in [1.29, 1.82) is 0 Å². The van der Waals surface area contributed by atoms with Gasteiger partial charge in [0.2, 0.25) is 0 Å². The molecule has 2 rings (SSSR count). The van der Waals surface area contributed by atoms with E-state index in [0.717, 1.165) is 0 Å². The Morgan fingerprint density at radius 2 is 1.83 bits per heavy atom. The number of ether oxygens (including phenoxy) is 1. The maximum Gasteiger partial charge on any atom is 0.335 e. The third-order valence-corrected chi connectivity index (χ3v) is 4.04. The minimum absolute atomic E-state index is 0.0146. The summed E-state index contributed by atoms with van der Waals surface area (Å²) in [5.41, 5.74) is -0.376. The summed E-state index contributed by atoms with van der Waals surface area (Å²) in [6.45, 7) is 5.77. The number of hydrogen-bond donors (Lipinski definition) is 1. The first kappa shape index (κ1) is 18.4. The van der Waals surface area contributed by atoms with Crippen LogP contribution in [0.25, 0.3) is 0 Å². The molecule has 1 fully saturated rings. The zero-order valence-corrected chi connectivity index (χ0v) is 15.4. The Morgan fingerprint density at radius 1 is 1.21 bits per heavy atom. The summed E-state index contributed by atoms with van der Waals surface area (Å²) in [4.78, 5) is 37.7. The number of carbonyl (C=O) groups is 3. The first-order valence-electron chi connectivity index (χ1n) is 7.66. The van der Waals surface area contributed by atoms with E-state index in [-0.39, 0.29) is 17.0 Å². The van der Waals surface area contributed by atoms with Gasteiger partial charge in [-0.05, 0) is 51.8 Å². The van der Waals surface area contributed by atoms with Crippen molar-refractivity contribution in [3.8, 4) is 0 Å². The second kappa shape index (κ2) is 6.93. The van der Waals surface area contributed by atoms with E-state index < -0.39 is 23.6 Å². The van der Waals surface area contributed by atoms with Crippen molar-refractivity contribution in [2.45, 2.75) is 45.3 Å². The first-order chi connectivity index (χ1) is 11.1. The molecular weight excluding hydrogens is 378 g/mol. The van der Waals surface area contributed by atoms with Crippen LogP contribution in [0, 0.1) is 0 Å². The summed E-state index contributed by atoms with van der Waals surface area (Å²) in [5, 5.41) is 9.13. The smallest absolute Gasteiger partial charge is 0.335 e. The molecule has 0 bridgehead atoms. The van der Waals surface area contributed by atoms with E-state index in [2.05, 4.69) is 15.9 Å². The zero-order valence-electron chi connectivity index (χ0n) is 13.8. The number of halogens is 1. The summed E-state index contributed by atoms with van der Waals surface area (Å²) < 4.78 is 5.89. The molecule has 1 aliphatic heterocycles. The van der Waals surface area contributed by atoms with E-state index in [1.807, 2.05) is 0 Å². The topological polar surface area (TPSA) is 83.9 Å². The molecule has 0 aliphatic carbocycles. The van der Waals surface area contributed by atoms with Crippen LogP contribution in [0.2, 0.25) is 0 Å². The fourth-order valence-corrected chi connectivity index (χ4v) is 3.12. The van der Waals surface area contributed by atoms with Gasteiger partial charge in [0, 0.05) is 16.6 Å². The molecule has 1 aromatic rings. The molecule has 0 aromatic heterocycles. The Hall–Kier alpha value is -1.89. The van der Waals surface area contributed by atoms with Gasteiger partial charge in [-0.25, -0.2) is 9.59 Å². The lowest BCUT2D eigenvalue weighted by Gasteiger charge is -2.27. The second-order valence-electron chi connectivity index (χ2n) is 6.72. The van der Waals surface area contributed by atoms with E-state index in [0.29, 0.717) is 23.9 Å². The Balaban J connectivity index is 2.25. The zero-order chi connectivity index (χ0) is 18.1. The summed E-state index contributed by atoms with van der Waals surface area (Å²) >= 11 is 3.22. The SMILES string of the molecule is CC(C)(C)OC(=O)[C@@H]1CCCN1C(=O)c1cc(Br)cc(C(=O)O)c1. The van der Waals surface area contributed by atoms with Crippen LogP contribution in [0.1, 0.15) is 54.3 Å². The molecule has 7 heteroatoms. The molecule has 24 heavy (non-hydrogen) atoms. The van der Waals surface area contributed by atoms with Crippen LogP contribution in [-0.4, -0.2) is 46.0 Å². The van der Waals surface area contributed by atoms with Crippen LogP contribution >= 0.6 is 15.9 Å². The number of rotatable bonds is 3. The van der Waals surface area contributed by atoms with E-state index >= 15 is 0 Å². The largest absolute Gasteiger partial charge is 0.478 e. The van der Waals surface area contributed by atoms with Gasteiger partial charge < -0.3 is 14.7 Å². The van der Waals surface area contributed by atoms with Gasteiger partial charge >= 0.3 is 11.9 Å². The Morgan fingerprint density at radius 3 is 2.42 bits per heavy atom. The predicted molar refractivity (Wildman–Crippen MR) is 91.0 cm³/mol. The summed E-state index contributed by atoms with van der Waals surface area (Å²) in [5.74, 6) is -1.91. The van der Waals surface area contributed by atoms with Gasteiger partial charge in [-0.15, -0.1) is 0 Å². The van der Waals surface area contributed by atoms with Crippen molar-refractivity contribution in [3.63, 3.8) is 0 Å². The van der Waals surface area contributed by atoms with Gasteiger partial charge in [0.05, 0.1) is 5.56 Å². The standard InChI is InChI=1S/C17H20BrNO5/c1-17(2,3)24-16(23)13-5-4-6-19(13)14(20)10-7-11(15(21)22)9-12(18)8-10/h7-9,13H,4-6H2,1-3H3,(H,21,22)/t13-/m0/s1. The highest BCUT2D eigenvalue weighted by molar-refractivity contribution is 9.10. The van der Waals surface area contributed by atoms with Gasteiger partial charge in [0.1, 0.15) is 11.6 Å². The third-order valence-electron chi connectivity index (χ3n) is 3.58. The number of carboxylic acids is 1. The first-order valence-corrected chi connectivity index (χ1v) is 8.45. The molecule has 6 nitrogen and oxygen atoms in total. The number of esters is 1. The lowest BCUT2D eigenvalue weighted by Crippen LogP contribution is -2.43. The molecule has 0 radical (unpaired) electrons. The molecule has 1 atom stereocenters. The van der Waals surface area contributed by atoms with Gasteiger partial charge in [-0.1, -0.05) is 15.9 Å². The lowest BCUT2D eigenvalue weighted by atomic mass is 10.1. The highest BCUT2D eigenvalue weighted by Crippen LogP contribution is 2.25. The number of carbonyl (C=O) groups excluding carboxylic acids is 2. The minimum Gasteiger partial charge on any atom is -0.478 e. The lowest BCUT2D eigenvalue weighted by molar-refractivity contribution is -0.159. The van der Waals surface area contributed by atoms with Crippen LogP contribution in [0.4, 0.5) is 0 Å². The molecule has 0 saturated carbocycles. The minimum atomic E-state index is -1.12. The van der Waals surface area contributed by atoms with Gasteiger partial charge in [-0.3, -0.25) is 4.79 Å². The van der Waals surface area contributed by atoms with Crippen molar-refractivity contribution in [2.75, 3.05) is 6.54 Å². The molecule has 1 amide bonds. The normalized spacial score (nSPS) is 17.7. The van der Waals surface area contributed by atoms with Gasteiger partial charge in [0.25, 0.3) is 5.91 Å². The number of nitrogens with zero attached hydrogens (tertiary/aromatic N) is 1. The molecule has 1 heterocycles. The maximum absolute atomic E-state index is 12.8. The van der Waals surface area contributed by atoms with E-state index in [4.69, 9.17) is 9.84 Å². The van der Waals surface area contributed by atoms with Crippen LogP contribution in [-0.2, 0) is 9.53 Å². The monoisotopic (exact) mass is 397 g/mol. The molecule has 0 spiro atoms. The van der Waals surface area contributed by atoms with Crippen molar-refractivity contribution >= 4 is 33.8 Å². The maximum atomic E-state index is 12.8. The Labute approximate surface area is 148 Å².